The van der Waals surface area contributed by atoms with Crippen molar-refractivity contribution in [1.29, 1.82) is 0 Å². The van der Waals surface area contributed by atoms with Gasteiger partial charge in [-0.3, -0.25) is 0 Å². The Balaban J connectivity index is 1.10. The van der Waals surface area contributed by atoms with Gasteiger partial charge in [0.05, 0.1) is 24.4 Å². The van der Waals surface area contributed by atoms with Crippen molar-refractivity contribution in [3.8, 4) is 35.2 Å². The Hall–Kier alpha value is -4.04. The van der Waals surface area contributed by atoms with Gasteiger partial charge in [0.25, 0.3) is 0 Å². The van der Waals surface area contributed by atoms with Crippen molar-refractivity contribution < 1.29 is 23.4 Å². The van der Waals surface area contributed by atoms with Crippen LogP contribution in [0.2, 0.25) is 0 Å². The molecule has 2 bridgehead atoms. The molecule has 9 rings (SSSR count). The number of halogens is 2. The van der Waals surface area contributed by atoms with Gasteiger partial charge in [0.2, 0.25) is 0 Å². The molecule has 2 unspecified atom stereocenters. The Morgan fingerprint density at radius 3 is 2.49 bits per heavy atom. The Labute approximate surface area is 284 Å². The fourth-order valence-corrected chi connectivity index (χ4v) is 8.81. The zero-order valence-corrected chi connectivity index (χ0v) is 27.8. The van der Waals surface area contributed by atoms with E-state index >= 15 is 4.39 Å². The number of nitrogens with one attached hydrogen (secondary N) is 1. The Bertz CT molecular complexity index is 2020. The largest absolute Gasteiger partial charge is 0.508 e. The van der Waals surface area contributed by atoms with Crippen molar-refractivity contribution in [3.05, 3.63) is 53.1 Å². The summed E-state index contributed by atoms with van der Waals surface area (Å²) in [5.74, 6) is 1.88. The fourth-order valence-electron chi connectivity index (χ4n) is 8.81. The molecule has 2 atom stereocenters. The maximum atomic E-state index is 17.2. The number of piperidine rings is 1. The predicted molar refractivity (Wildman–Crippen MR) is 185 cm³/mol. The molecule has 0 amide bonds. The van der Waals surface area contributed by atoms with Crippen LogP contribution in [0.1, 0.15) is 56.1 Å². The highest BCUT2D eigenvalue weighted by atomic mass is 19.1. The lowest BCUT2D eigenvalue weighted by Crippen LogP contribution is -2.53. The van der Waals surface area contributed by atoms with Crippen LogP contribution in [0.3, 0.4) is 0 Å². The molecule has 3 aromatic carbocycles. The molecule has 1 aromatic heterocycles. The third-order valence-electron chi connectivity index (χ3n) is 11.8. The molecule has 1 saturated carbocycles. The Morgan fingerprint density at radius 2 is 1.82 bits per heavy atom. The van der Waals surface area contributed by atoms with Crippen LogP contribution in [0.25, 0.3) is 32.8 Å². The van der Waals surface area contributed by atoms with Crippen LogP contribution in [0.4, 0.5) is 14.6 Å². The summed E-state index contributed by atoms with van der Waals surface area (Å²) >= 11 is 0. The number of piperazine rings is 1. The van der Waals surface area contributed by atoms with Gasteiger partial charge in [-0.15, -0.1) is 6.42 Å². The fraction of sp³-hybridized carbons (Fsp3) is 0.487. The van der Waals surface area contributed by atoms with E-state index in [0.29, 0.717) is 51.8 Å². The summed E-state index contributed by atoms with van der Waals surface area (Å²) in [4.78, 5) is 14.5. The van der Waals surface area contributed by atoms with Crippen molar-refractivity contribution >= 4 is 27.5 Å². The second-order valence-corrected chi connectivity index (χ2v) is 15.2. The number of aromatic hydroxyl groups is 1. The maximum Gasteiger partial charge on any atom is 0.319 e. The highest BCUT2D eigenvalue weighted by Gasteiger charge is 2.48. The third-order valence-corrected chi connectivity index (χ3v) is 11.8. The summed E-state index contributed by atoms with van der Waals surface area (Å²) < 4.78 is 44.5. The van der Waals surface area contributed by atoms with Gasteiger partial charge in [-0.1, -0.05) is 12.0 Å². The molecule has 8 nitrogen and oxygen atoms in total. The summed E-state index contributed by atoms with van der Waals surface area (Å²) in [7, 11) is 0. The standard InChI is InChI=1S/C39H41F2N5O3/c1-3-28-31(40)7-4-24-17-27(47)18-29(33(24)28)32-23(2)16-30-35(34(32)41)43-37(44-36(30)46-19-25-5-6-26(20-46)42-25)48-22-38(8-9-38)21-45-13-10-39(11-14-45)12-15-49-39/h1,4,7,16-18,25-26,42,47H,5-6,8-15,19-22H2,2H3. The van der Waals surface area contributed by atoms with Gasteiger partial charge in [-0.05, 0) is 92.6 Å². The van der Waals surface area contributed by atoms with Crippen molar-refractivity contribution in [2.45, 2.75) is 69.6 Å². The van der Waals surface area contributed by atoms with Crippen LogP contribution in [0.15, 0.2) is 30.3 Å². The quantitative estimate of drug-likeness (QED) is 0.230. The molecule has 5 fully saturated rings. The van der Waals surface area contributed by atoms with E-state index in [9.17, 15) is 9.50 Å². The zero-order valence-electron chi connectivity index (χ0n) is 27.8. The number of benzene rings is 3. The molecule has 2 N–H and O–H groups in total. The molecule has 49 heavy (non-hydrogen) atoms. The first-order valence-electron chi connectivity index (χ1n) is 17.7. The SMILES string of the molecule is C#Cc1c(F)ccc2cc(O)cc(-c3c(C)cc4c(N5CC6CCC(C5)N6)nc(OCC5(CN6CCC7(CCO7)CC6)CC5)nc4c3F)c12. The molecule has 4 aromatic rings. The zero-order chi connectivity index (χ0) is 33.5. The summed E-state index contributed by atoms with van der Waals surface area (Å²) in [5, 5.41) is 15.9. The summed E-state index contributed by atoms with van der Waals surface area (Å²) in [6.07, 6.45) is 13.4. The predicted octanol–water partition coefficient (Wildman–Crippen LogP) is 6.08. The number of hydrogen-bond donors (Lipinski definition) is 2. The van der Waals surface area contributed by atoms with E-state index in [1.807, 2.05) is 13.0 Å². The van der Waals surface area contributed by atoms with Gasteiger partial charge < -0.3 is 29.7 Å². The summed E-state index contributed by atoms with van der Waals surface area (Å²) in [6, 6.07) is 8.52. The number of ether oxygens (including phenoxy) is 2. The maximum absolute atomic E-state index is 17.2. The molecular formula is C39H41F2N5O3. The number of phenolic OH excluding ortho intramolecular Hbond substituents is 1. The molecule has 5 aliphatic rings. The molecule has 4 aliphatic heterocycles. The molecule has 1 aliphatic carbocycles. The van der Waals surface area contributed by atoms with E-state index in [-0.39, 0.29) is 39.4 Å². The number of fused-ring (bicyclic) bond motifs is 4. The van der Waals surface area contributed by atoms with E-state index in [4.69, 9.17) is 25.9 Å². The molecule has 5 heterocycles. The third kappa shape index (κ3) is 5.38. The van der Waals surface area contributed by atoms with Gasteiger partial charge in [0.1, 0.15) is 22.9 Å². The lowest BCUT2D eigenvalue weighted by atomic mass is 9.84. The Kier molecular flexibility index (Phi) is 7.28. The van der Waals surface area contributed by atoms with E-state index in [1.165, 1.54) is 24.6 Å². The summed E-state index contributed by atoms with van der Waals surface area (Å²) in [6.45, 7) is 7.71. The lowest BCUT2D eigenvalue weighted by molar-refractivity contribution is -0.173. The first kappa shape index (κ1) is 31.0. The molecule has 0 radical (unpaired) electrons. The lowest BCUT2D eigenvalue weighted by Gasteiger charge is -2.48. The first-order chi connectivity index (χ1) is 23.7. The van der Waals surface area contributed by atoms with Crippen molar-refractivity contribution in [2.24, 2.45) is 5.41 Å². The van der Waals surface area contributed by atoms with Crippen LogP contribution < -0.4 is 15.0 Å². The van der Waals surface area contributed by atoms with E-state index in [2.05, 4.69) is 21.0 Å². The number of aryl methyl sites for hydroxylation is 1. The van der Waals surface area contributed by atoms with Crippen LogP contribution in [-0.4, -0.2) is 83.6 Å². The highest BCUT2D eigenvalue weighted by molar-refractivity contribution is 6.05. The number of phenols is 1. The normalized spacial score (nSPS) is 23.9. The second kappa shape index (κ2) is 11.5. The number of hydrogen-bond acceptors (Lipinski definition) is 8. The molecule has 1 spiro atoms. The van der Waals surface area contributed by atoms with Crippen LogP contribution in [0.5, 0.6) is 11.8 Å². The molecule has 10 heteroatoms. The van der Waals surface area contributed by atoms with Crippen molar-refractivity contribution in [2.75, 3.05) is 50.8 Å². The number of rotatable bonds is 7. The van der Waals surface area contributed by atoms with Gasteiger partial charge in [-0.25, -0.2) is 8.78 Å². The van der Waals surface area contributed by atoms with Gasteiger partial charge >= 0.3 is 6.01 Å². The van der Waals surface area contributed by atoms with Gasteiger partial charge in [0, 0.05) is 66.6 Å². The van der Waals surface area contributed by atoms with Crippen molar-refractivity contribution in [3.63, 3.8) is 0 Å². The average Bonchev–Trinajstić information content (AvgIpc) is 3.76. The monoisotopic (exact) mass is 665 g/mol. The molecular weight excluding hydrogens is 624 g/mol. The minimum absolute atomic E-state index is 0.0221. The van der Waals surface area contributed by atoms with E-state index in [0.717, 1.165) is 77.9 Å². The number of aromatic nitrogens is 2. The average molecular weight is 666 g/mol. The van der Waals surface area contributed by atoms with Gasteiger partial charge in [-0.2, -0.15) is 9.97 Å². The Morgan fingerprint density at radius 1 is 1.06 bits per heavy atom. The van der Waals surface area contributed by atoms with Crippen LogP contribution in [-0.2, 0) is 4.74 Å². The number of likely N-dealkylation sites (tertiary alicyclic amines) is 1. The van der Waals surface area contributed by atoms with Crippen LogP contribution in [0, 0.1) is 36.3 Å². The van der Waals surface area contributed by atoms with Crippen LogP contribution >= 0.6 is 0 Å². The smallest absolute Gasteiger partial charge is 0.319 e. The van der Waals surface area contributed by atoms with Crippen molar-refractivity contribution in [1.82, 2.24) is 20.2 Å². The second-order valence-electron chi connectivity index (χ2n) is 15.2. The number of anilines is 1. The minimum atomic E-state index is -0.581. The topological polar surface area (TPSA) is 83.0 Å². The van der Waals surface area contributed by atoms with Gasteiger partial charge in [0.15, 0.2) is 5.82 Å². The summed E-state index contributed by atoms with van der Waals surface area (Å²) in [5.41, 5.74) is 1.43. The first-order valence-corrected chi connectivity index (χ1v) is 17.7. The van der Waals surface area contributed by atoms with E-state index in [1.54, 1.807) is 6.07 Å². The molecule has 254 valence electrons. The minimum Gasteiger partial charge on any atom is -0.508 e. The van der Waals surface area contributed by atoms with E-state index < -0.39 is 11.6 Å². The molecule has 4 saturated heterocycles. The number of nitrogens with zero attached hydrogens (tertiary/aromatic N) is 4. The number of terminal acetylenes is 1. The highest BCUT2D eigenvalue weighted by Crippen LogP contribution is 2.48.